The molecule has 0 N–H and O–H groups in total. The summed E-state index contributed by atoms with van der Waals surface area (Å²) < 4.78 is 12.1. The van der Waals surface area contributed by atoms with Crippen molar-refractivity contribution in [3.05, 3.63) is 35.9 Å². The normalized spacial score (nSPS) is 13.1. The number of halogens is 1. The summed E-state index contributed by atoms with van der Waals surface area (Å²) in [5.41, 5.74) is 1.34. The van der Waals surface area contributed by atoms with Gasteiger partial charge < -0.3 is 0 Å². The van der Waals surface area contributed by atoms with Crippen LogP contribution in [0.1, 0.15) is 38.2 Å². The first-order valence-electron chi connectivity index (χ1n) is 5.36. The molecule has 14 heavy (non-hydrogen) atoms. The quantitative estimate of drug-likeness (QED) is 0.659. The Morgan fingerprint density at radius 1 is 1.14 bits per heavy atom. The van der Waals surface area contributed by atoms with Crippen LogP contribution in [0, 0.1) is 5.92 Å². The minimum absolute atomic E-state index is 0.198. The van der Waals surface area contributed by atoms with Crippen molar-refractivity contribution in [2.24, 2.45) is 5.92 Å². The van der Waals surface area contributed by atoms with Gasteiger partial charge in [-0.15, -0.1) is 0 Å². The first-order chi connectivity index (χ1) is 6.75. The van der Waals surface area contributed by atoms with Gasteiger partial charge in [-0.05, 0) is 30.2 Å². The van der Waals surface area contributed by atoms with Crippen LogP contribution in [0.4, 0.5) is 4.39 Å². The molecule has 1 atom stereocenters. The molecule has 0 saturated carbocycles. The van der Waals surface area contributed by atoms with Crippen molar-refractivity contribution in [3.63, 3.8) is 0 Å². The average Bonchev–Trinajstić information content (AvgIpc) is 2.19. The molecule has 0 aliphatic rings. The Balaban J connectivity index is 2.68. The van der Waals surface area contributed by atoms with Crippen molar-refractivity contribution in [3.8, 4) is 0 Å². The Morgan fingerprint density at radius 2 is 1.79 bits per heavy atom. The highest BCUT2D eigenvalue weighted by molar-refractivity contribution is 5.19. The first-order valence-corrected chi connectivity index (χ1v) is 5.36. The third-order valence-electron chi connectivity index (χ3n) is 2.68. The molecular weight excluding hydrogens is 175 g/mol. The maximum absolute atomic E-state index is 12.1. The molecule has 0 nitrogen and oxygen atoms in total. The predicted molar refractivity (Wildman–Crippen MR) is 59.2 cm³/mol. The van der Waals surface area contributed by atoms with E-state index in [-0.39, 0.29) is 6.67 Å². The fraction of sp³-hybridized carbons (Fsp3) is 0.538. The zero-order valence-electron chi connectivity index (χ0n) is 9.04. The van der Waals surface area contributed by atoms with Gasteiger partial charge in [-0.1, -0.05) is 44.2 Å². The lowest BCUT2D eigenvalue weighted by molar-refractivity contribution is 0.401. The van der Waals surface area contributed by atoms with Crippen molar-refractivity contribution in [2.75, 3.05) is 6.67 Å². The summed E-state index contributed by atoms with van der Waals surface area (Å²) >= 11 is 0. The average molecular weight is 194 g/mol. The predicted octanol–water partition coefficient (Wildman–Crippen LogP) is 4.18. The van der Waals surface area contributed by atoms with Crippen LogP contribution < -0.4 is 0 Å². The zero-order chi connectivity index (χ0) is 10.4. The molecule has 0 aliphatic heterocycles. The van der Waals surface area contributed by atoms with E-state index in [1.807, 2.05) is 6.07 Å². The molecule has 0 spiro atoms. The van der Waals surface area contributed by atoms with E-state index in [1.54, 1.807) is 0 Å². The van der Waals surface area contributed by atoms with Gasteiger partial charge in [0, 0.05) is 0 Å². The van der Waals surface area contributed by atoms with Crippen molar-refractivity contribution in [1.29, 1.82) is 0 Å². The molecular formula is C13H19F. The lowest BCUT2D eigenvalue weighted by Gasteiger charge is -2.20. The summed E-state index contributed by atoms with van der Waals surface area (Å²) in [7, 11) is 0. The lowest BCUT2D eigenvalue weighted by Crippen LogP contribution is -2.07. The van der Waals surface area contributed by atoms with E-state index >= 15 is 0 Å². The Bertz CT molecular complexity index is 241. The molecule has 78 valence electrons. The number of alkyl halides is 1. The minimum atomic E-state index is -0.198. The molecule has 0 bridgehead atoms. The standard InChI is InChI=1S/C13H19F/c1-11(2)13(9-6-10-14)12-7-4-3-5-8-12/h3-5,7-8,11,13H,6,9-10H2,1-2H3. The van der Waals surface area contributed by atoms with E-state index in [9.17, 15) is 4.39 Å². The summed E-state index contributed by atoms with van der Waals surface area (Å²) in [6.07, 6.45) is 1.63. The Kier molecular flexibility index (Phi) is 4.64. The third-order valence-corrected chi connectivity index (χ3v) is 2.68. The van der Waals surface area contributed by atoms with E-state index in [2.05, 4.69) is 38.1 Å². The maximum atomic E-state index is 12.1. The SMILES string of the molecule is CC(C)C(CCCF)c1ccccc1. The van der Waals surface area contributed by atoms with E-state index < -0.39 is 0 Å². The number of benzene rings is 1. The van der Waals surface area contributed by atoms with Crippen molar-refractivity contribution < 1.29 is 4.39 Å². The lowest BCUT2D eigenvalue weighted by atomic mass is 9.85. The van der Waals surface area contributed by atoms with Gasteiger partial charge in [0.2, 0.25) is 0 Å². The molecule has 1 heteroatoms. The summed E-state index contributed by atoms with van der Waals surface area (Å²) in [6, 6.07) is 10.4. The van der Waals surface area contributed by atoms with Gasteiger partial charge >= 0.3 is 0 Å². The topological polar surface area (TPSA) is 0 Å². The van der Waals surface area contributed by atoms with Gasteiger partial charge in [-0.3, -0.25) is 4.39 Å². The van der Waals surface area contributed by atoms with Crippen molar-refractivity contribution in [2.45, 2.75) is 32.6 Å². The van der Waals surface area contributed by atoms with Gasteiger partial charge in [0.15, 0.2) is 0 Å². The van der Waals surface area contributed by atoms with E-state index in [1.165, 1.54) is 5.56 Å². The fourth-order valence-electron chi connectivity index (χ4n) is 1.88. The van der Waals surface area contributed by atoms with E-state index in [0.29, 0.717) is 18.3 Å². The second-order valence-electron chi connectivity index (χ2n) is 4.09. The highest BCUT2D eigenvalue weighted by Crippen LogP contribution is 2.28. The second kappa shape index (κ2) is 5.79. The molecule has 1 aromatic rings. The zero-order valence-corrected chi connectivity index (χ0v) is 9.04. The Morgan fingerprint density at radius 3 is 2.29 bits per heavy atom. The van der Waals surface area contributed by atoms with Crippen LogP contribution in [0.15, 0.2) is 30.3 Å². The smallest absolute Gasteiger partial charge is 0.0894 e. The van der Waals surface area contributed by atoms with Crippen LogP contribution in [0.25, 0.3) is 0 Å². The van der Waals surface area contributed by atoms with Crippen LogP contribution in [0.5, 0.6) is 0 Å². The van der Waals surface area contributed by atoms with Gasteiger partial charge in [-0.2, -0.15) is 0 Å². The molecule has 0 amide bonds. The van der Waals surface area contributed by atoms with Crippen LogP contribution in [-0.4, -0.2) is 6.67 Å². The van der Waals surface area contributed by atoms with Gasteiger partial charge in [0.1, 0.15) is 0 Å². The monoisotopic (exact) mass is 194 g/mol. The van der Waals surface area contributed by atoms with Crippen LogP contribution in [0.3, 0.4) is 0 Å². The summed E-state index contributed by atoms with van der Waals surface area (Å²) in [6.45, 7) is 4.21. The molecule has 1 rings (SSSR count). The molecule has 1 unspecified atom stereocenters. The highest BCUT2D eigenvalue weighted by atomic mass is 19.1. The largest absolute Gasteiger partial charge is 0.251 e. The number of hydrogen-bond acceptors (Lipinski definition) is 0. The molecule has 0 fully saturated rings. The minimum Gasteiger partial charge on any atom is -0.251 e. The summed E-state index contributed by atoms with van der Waals surface area (Å²) in [5, 5.41) is 0. The Hall–Kier alpha value is -0.850. The maximum Gasteiger partial charge on any atom is 0.0894 e. The number of hydrogen-bond donors (Lipinski definition) is 0. The van der Waals surface area contributed by atoms with E-state index in [0.717, 1.165) is 6.42 Å². The molecule has 0 aromatic heterocycles. The van der Waals surface area contributed by atoms with Crippen molar-refractivity contribution in [1.82, 2.24) is 0 Å². The Labute approximate surface area is 86.2 Å². The first kappa shape index (κ1) is 11.2. The molecule has 1 aromatic carbocycles. The highest BCUT2D eigenvalue weighted by Gasteiger charge is 2.14. The van der Waals surface area contributed by atoms with Gasteiger partial charge in [-0.25, -0.2) is 0 Å². The van der Waals surface area contributed by atoms with Crippen molar-refractivity contribution >= 4 is 0 Å². The molecule has 0 heterocycles. The second-order valence-corrected chi connectivity index (χ2v) is 4.09. The molecule has 0 radical (unpaired) electrons. The summed E-state index contributed by atoms with van der Waals surface area (Å²) in [5.74, 6) is 1.09. The number of rotatable bonds is 5. The third kappa shape index (κ3) is 3.13. The van der Waals surface area contributed by atoms with Gasteiger partial charge in [0.05, 0.1) is 6.67 Å². The fourth-order valence-corrected chi connectivity index (χ4v) is 1.88. The van der Waals surface area contributed by atoms with Crippen LogP contribution >= 0.6 is 0 Å². The van der Waals surface area contributed by atoms with Crippen LogP contribution in [-0.2, 0) is 0 Å². The molecule has 0 saturated heterocycles. The summed E-state index contributed by atoms with van der Waals surface area (Å²) in [4.78, 5) is 0. The molecule has 0 aliphatic carbocycles. The van der Waals surface area contributed by atoms with Crippen LogP contribution in [0.2, 0.25) is 0 Å². The van der Waals surface area contributed by atoms with Gasteiger partial charge in [0.25, 0.3) is 0 Å². The van der Waals surface area contributed by atoms with E-state index in [4.69, 9.17) is 0 Å².